The number of sulfone groups is 1. The van der Waals surface area contributed by atoms with Gasteiger partial charge in [0, 0.05) is 10.6 Å². The van der Waals surface area contributed by atoms with Crippen LogP contribution in [-0.4, -0.2) is 22.1 Å². The molecule has 0 aliphatic rings. The minimum atomic E-state index is -3.98. The summed E-state index contributed by atoms with van der Waals surface area (Å²) in [6.07, 6.45) is 3.10. The first-order valence-electron chi connectivity index (χ1n) is 8.36. The summed E-state index contributed by atoms with van der Waals surface area (Å²) >= 11 is 5.81. The lowest BCUT2D eigenvalue weighted by molar-refractivity contribution is 0.287. The minimum Gasteiger partial charge on any atom is -0.493 e. The molecule has 2 aromatic rings. The van der Waals surface area contributed by atoms with Crippen molar-refractivity contribution >= 4 is 27.5 Å². The largest absolute Gasteiger partial charge is 0.493 e. The average Bonchev–Trinajstić information content (AvgIpc) is 2.67. The Morgan fingerprint density at radius 1 is 1.22 bits per heavy atom. The quantitative estimate of drug-likeness (QED) is 0.462. The van der Waals surface area contributed by atoms with E-state index in [4.69, 9.17) is 21.1 Å². The van der Waals surface area contributed by atoms with Crippen LogP contribution in [0.5, 0.6) is 11.5 Å². The normalized spacial score (nSPS) is 11.7. The summed E-state index contributed by atoms with van der Waals surface area (Å²) < 4.78 is 36.7. The Morgan fingerprint density at radius 2 is 1.93 bits per heavy atom. The Labute approximate surface area is 164 Å². The van der Waals surface area contributed by atoms with Gasteiger partial charge in [0.05, 0.1) is 18.6 Å². The van der Waals surface area contributed by atoms with Crippen LogP contribution in [0.1, 0.15) is 25.3 Å². The highest BCUT2D eigenvalue weighted by atomic mass is 35.5. The van der Waals surface area contributed by atoms with Gasteiger partial charge in [-0.3, -0.25) is 0 Å². The zero-order chi connectivity index (χ0) is 19.9. The standard InChI is InChI=1S/C20H20ClNO4S/c1-3-4-12-26-20-15(6-5-7-19(20)25-2)13-18(14-22)27(23,24)17-10-8-16(21)9-11-17/h5-11,13H,3-4,12H2,1-2H3. The summed E-state index contributed by atoms with van der Waals surface area (Å²) in [6, 6.07) is 12.6. The van der Waals surface area contributed by atoms with E-state index in [1.807, 2.05) is 6.92 Å². The molecule has 7 heteroatoms. The van der Waals surface area contributed by atoms with Crippen LogP contribution in [-0.2, 0) is 9.84 Å². The Kier molecular flexibility index (Phi) is 7.28. The molecule has 2 rings (SSSR count). The number of para-hydroxylation sites is 1. The molecule has 0 N–H and O–H groups in total. The van der Waals surface area contributed by atoms with Gasteiger partial charge in [-0.2, -0.15) is 5.26 Å². The number of benzene rings is 2. The maximum absolute atomic E-state index is 12.8. The van der Waals surface area contributed by atoms with Gasteiger partial charge in [-0.25, -0.2) is 8.42 Å². The Balaban J connectivity index is 2.51. The second-order valence-corrected chi connectivity index (χ2v) is 8.01. The lowest BCUT2D eigenvalue weighted by atomic mass is 10.1. The number of nitrogens with zero attached hydrogens (tertiary/aromatic N) is 1. The molecule has 0 saturated carbocycles. The summed E-state index contributed by atoms with van der Waals surface area (Å²) in [5.41, 5.74) is 0.458. The number of allylic oxidation sites excluding steroid dienone is 1. The maximum Gasteiger partial charge on any atom is 0.216 e. The second-order valence-electron chi connectivity index (χ2n) is 5.66. The van der Waals surface area contributed by atoms with Crippen molar-refractivity contribution in [3.63, 3.8) is 0 Å². The summed E-state index contributed by atoms with van der Waals surface area (Å²) in [5.74, 6) is 0.883. The fourth-order valence-corrected chi connectivity index (χ4v) is 3.61. The highest BCUT2D eigenvalue weighted by Crippen LogP contribution is 2.34. The lowest BCUT2D eigenvalue weighted by Crippen LogP contribution is -2.04. The molecule has 0 amide bonds. The maximum atomic E-state index is 12.8. The highest BCUT2D eigenvalue weighted by Gasteiger charge is 2.22. The number of nitriles is 1. The van der Waals surface area contributed by atoms with Crippen LogP contribution in [0.4, 0.5) is 0 Å². The van der Waals surface area contributed by atoms with Gasteiger partial charge in [-0.1, -0.05) is 37.1 Å². The van der Waals surface area contributed by atoms with Crippen molar-refractivity contribution in [1.82, 2.24) is 0 Å². The number of rotatable bonds is 8. The fourth-order valence-electron chi connectivity index (χ4n) is 2.33. The van der Waals surface area contributed by atoms with Crippen LogP contribution in [0.15, 0.2) is 52.3 Å². The molecular formula is C20H20ClNO4S. The molecular weight excluding hydrogens is 386 g/mol. The third-order valence-electron chi connectivity index (χ3n) is 3.78. The topological polar surface area (TPSA) is 76.4 Å². The van der Waals surface area contributed by atoms with E-state index in [9.17, 15) is 13.7 Å². The van der Waals surface area contributed by atoms with E-state index < -0.39 is 14.7 Å². The minimum absolute atomic E-state index is 0.00366. The summed E-state index contributed by atoms with van der Waals surface area (Å²) in [4.78, 5) is -0.394. The second kappa shape index (κ2) is 9.45. The van der Waals surface area contributed by atoms with Gasteiger partial charge >= 0.3 is 0 Å². The van der Waals surface area contributed by atoms with Gasteiger partial charge in [0.2, 0.25) is 9.84 Å². The first-order valence-corrected chi connectivity index (χ1v) is 10.2. The van der Waals surface area contributed by atoms with Crippen molar-refractivity contribution in [2.24, 2.45) is 0 Å². The molecule has 0 fully saturated rings. The van der Waals surface area contributed by atoms with Crippen molar-refractivity contribution in [2.45, 2.75) is 24.7 Å². The molecule has 142 valence electrons. The Bertz CT molecular complexity index is 960. The van der Waals surface area contributed by atoms with Gasteiger partial charge < -0.3 is 9.47 Å². The number of ether oxygens (including phenoxy) is 2. The van der Waals surface area contributed by atoms with Crippen molar-refractivity contribution in [3.8, 4) is 17.6 Å². The predicted octanol–water partition coefficient (Wildman–Crippen LogP) is 4.87. The van der Waals surface area contributed by atoms with E-state index >= 15 is 0 Å². The van der Waals surface area contributed by atoms with Crippen LogP contribution in [0.25, 0.3) is 6.08 Å². The number of hydrogen-bond donors (Lipinski definition) is 0. The van der Waals surface area contributed by atoms with Crippen LogP contribution in [0.2, 0.25) is 5.02 Å². The lowest BCUT2D eigenvalue weighted by Gasteiger charge is -2.13. The summed E-state index contributed by atoms with van der Waals surface area (Å²) in [6.45, 7) is 2.50. The van der Waals surface area contributed by atoms with E-state index in [2.05, 4.69) is 0 Å². The number of hydrogen-bond acceptors (Lipinski definition) is 5. The fraction of sp³-hybridized carbons (Fsp3) is 0.250. The highest BCUT2D eigenvalue weighted by molar-refractivity contribution is 7.95. The smallest absolute Gasteiger partial charge is 0.216 e. The Morgan fingerprint density at radius 3 is 2.52 bits per heavy atom. The SMILES string of the molecule is CCCCOc1c(C=C(C#N)S(=O)(=O)c2ccc(Cl)cc2)cccc1OC. The zero-order valence-electron chi connectivity index (χ0n) is 15.1. The molecule has 0 unspecified atom stereocenters. The van der Waals surface area contributed by atoms with Gasteiger partial charge in [0.1, 0.15) is 11.0 Å². The first kappa shape index (κ1) is 20.8. The molecule has 0 atom stereocenters. The molecule has 0 radical (unpaired) electrons. The molecule has 5 nitrogen and oxygen atoms in total. The van der Waals surface area contributed by atoms with E-state index in [-0.39, 0.29) is 4.90 Å². The molecule has 27 heavy (non-hydrogen) atoms. The molecule has 0 spiro atoms. The van der Waals surface area contributed by atoms with Crippen molar-refractivity contribution in [1.29, 1.82) is 5.26 Å². The van der Waals surface area contributed by atoms with Gasteiger partial charge in [-0.15, -0.1) is 0 Å². The van der Waals surface area contributed by atoms with Gasteiger partial charge in [0.15, 0.2) is 11.5 Å². The molecule has 0 aliphatic carbocycles. The monoisotopic (exact) mass is 405 g/mol. The third-order valence-corrected chi connectivity index (χ3v) is 5.72. The number of halogens is 1. The molecule has 0 aromatic heterocycles. The van der Waals surface area contributed by atoms with Crippen LogP contribution < -0.4 is 9.47 Å². The van der Waals surface area contributed by atoms with Crippen molar-refractivity contribution in [2.75, 3.05) is 13.7 Å². The molecule has 0 aliphatic heterocycles. The number of methoxy groups -OCH3 is 1. The summed E-state index contributed by atoms with van der Waals surface area (Å²) in [7, 11) is -2.48. The van der Waals surface area contributed by atoms with Crippen LogP contribution in [0, 0.1) is 11.3 Å². The molecule has 0 bridgehead atoms. The average molecular weight is 406 g/mol. The van der Waals surface area contributed by atoms with Gasteiger partial charge in [-0.05, 0) is 42.8 Å². The van der Waals surface area contributed by atoms with Crippen molar-refractivity contribution in [3.05, 3.63) is 58.0 Å². The Hall–Kier alpha value is -2.49. The number of unbranched alkanes of at least 4 members (excludes halogenated alkanes) is 1. The summed E-state index contributed by atoms with van der Waals surface area (Å²) in [5, 5.41) is 9.89. The molecule has 0 heterocycles. The van der Waals surface area contributed by atoms with Crippen LogP contribution in [0.3, 0.4) is 0 Å². The van der Waals surface area contributed by atoms with Crippen LogP contribution >= 0.6 is 11.6 Å². The van der Waals surface area contributed by atoms with E-state index in [1.165, 1.54) is 37.5 Å². The van der Waals surface area contributed by atoms with E-state index in [0.29, 0.717) is 28.7 Å². The van der Waals surface area contributed by atoms with E-state index in [0.717, 1.165) is 12.8 Å². The molecule has 2 aromatic carbocycles. The first-order chi connectivity index (χ1) is 12.9. The third kappa shape index (κ3) is 5.03. The zero-order valence-corrected chi connectivity index (χ0v) is 16.7. The van der Waals surface area contributed by atoms with Crippen molar-refractivity contribution < 1.29 is 17.9 Å². The van der Waals surface area contributed by atoms with Gasteiger partial charge in [0.25, 0.3) is 0 Å². The predicted molar refractivity (Wildman–Crippen MR) is 106 cm³/mol. The van der Waals surface area contributed by atoms with E-state index in [1.54, 1.807) is 24.3 Å². The molecule has 0 saturated heterocycles.